The monoisotopic (exact) mass is 331 g/mol. The molecule has 3 amide bonds. The lowest BCUT2D eigenvalue weighted by Gasteiger charge is -2.12. The van der Waals surface area contributed by atoms with Crippen LogP contribution in [0, 0.1) is 0 Å². The number of amides is 3. The van der Waals surface area contributed by atoms with Crippen LogP contribution in [0.5, 0.6) is 0 Å². The fourth-order valence-electron chi connectivity index (χ4n) is 1.47. The number of rotatable bonds is 7. The van der Waals surface area contributed by atoms with Crippen molar-refractivity contribution in [2.75, 3.05) is 37.5 Å². The molecule has 0 fully saturated rings. The number of urea groups is 1. The lowest BCUT2D eigenvalue weighted by atomic mass is 10.2. The van der Waals surface area contributed by atoms with Gasteiger partial charge in [0.2, 0.25) is 5.91 Å². The first kappa shape index (κ1) is 18.2. The third kappa shape index (κ3) is 6.27. The van der Waals surface area contributed by atoms with Crippen LogP contribution in [0.2, 0.25) is 5.02 Å². The number of benzene rings is 1. The molecule has 1 atom stereocenters. The van der Waals surface area contributed by atoms with Crippen LogP contribution in [0.25, 0.3) is 0 Å². The van der Waals surface area contributed by atoms with Crippen LogP contribution in [-0.2, 0) is 9.53 Å². The summed E-state index contributed by atoms with van der Waals surface area (Å²) in [7, 11) is 1.40. The highest BCUT2D eigenvalue weighted by atomic mass is 35.5. The Balaban J connectivity index is 2.65. The highest BCUT2D eigenvalue weighted by Gasteiger charge is 2.10. The molecule has 1 unspecified atom stereocenters. The van der Waals surface area contributed by atoms with Crippen molar-refractivity contribution in [2.24, 2.45) is 0 Å². The summed E-state index contributed by atoms with van der Waals surface area (Å²) in [4.78, 5) is 23.1. The molecule has 22 heavy (non-hydrogen) atoms. The van der Waals surface area contributed by atoms with E-state index in [4.69, 9.17) is 26.6 Å². The second-order valence-electron chi connectivity index (χ2n) is 4.35. The highest BCUT2D eigenvalue weighted by molar-refractivity contribution is 6.33. The molecule has 0 heterocycles. The van der Waals surface area contributed by atoms with Crippen LogP contribution in [0.3, 0.4) is 0 Å². The molecule has 0 aliphatic carbocycles. The van der Waals surface area contributed by atoms with Gasteiger partial charge in [0.25, 0.3) is 0 Å². The number of nitrogens with one attached hydrogen (secondary N) is 3. The fraction of sp³-hybridized carbons (Fsp3) is 0.385. The SMILES string of the molecule is COCC(=O)Nc1ccc(Cl)c(NC(=O)NCC(O)CO)c1. The maximum Gasteiger partial charge on any atom is 0.319 e. The summed E-state index contributed by atoms with van der Waals surface area (Å²) in [5.41, 5.74) is 0.727. The molecule has 0 spiro atoms. The van der Waals surface area contributed by atoms with Gasteiger partial charge >= 0.3 is 6.03 Å². The Morgan fingerprint density at radius 3 is 2.73 bits per heavy atom. The van der Waals surface area contributed by atoms with E-state index in [0.717, 1.165) is 0 Å². The van der Waals surface area contributed by atoms with Crippen LogP contribution >= 0.6 is 11.6 Å². The quantitative estimate of drug-likeness (QED) is 0.495. The Morgan fingerprint density at radius 1 is 1.36 bits per heavy atom. The number of carbonyl (C=O) groups is 2. The van der Waals surface area contributed by atoms with E-state index < -0.39 is 18.7 Å². The van der Waals surface area contributed by atoms with Crippen LogP contribution in [-0.4, -0.2) is 55.1 Å². The first-order chi connectivity index (χ1) is 10.5. The fourth-order valence-corrected chi connectivity index (χ4v) is 1.63. The summed E-state index contributed by atoms with van der Waals surface area (Å²) < 4.78 is 4.70. The zero-order chi connectivity index (χ0) is 16.5. The van der Waals surface area contributed by atoms with Crippen molar-refractivity contribution in [2.45, 2.75) is 6.10 Å². The Morgan fingerprint density at radius 2 is 2.09 bits per heavy atom. The van der Waals surface area contributed by atoms with Gasteiger partial charge in [0.15, 0.2) is 0 Å². The van der Waals surface area contributed by atoms with Crippen molar-refractivity contribution >= 4 is 34.9 Å². The number of hydrogen-bond donors (Lipinski definition) is 5. The van der Waals surface area contributed by atoms with Crippen molar-refractivity contribution in [3.05, 3.63) is 23.2 Å². The van der Waals surface area contributed by atoms with Gasteiger partial charge < -0.3 is 30.9 Å². The third-order valence-corrected chi connectivity index (χ3v) is 2.81. The van der Waals surface area contributed by atoms with E-state index in [1.54, 1.807) is 6.07 Å². The van der Waals surface area contributed by atoms with E-state index in [1.165, 1.54) is 19.2 Å². The number of ether oxygens (including phenoxy) is 1. The standard InChI is InChI=1S/C13H18ClN3O5/c1-22-7-12(20)16-8-2-3-10(14)11(4-8)17-13(21)15-5-9(19)6-18/h2-4,9,18-19H,5-7H2,1H3,(H,16,20)(H2,15,17,21). The molecule has 1 rings (SSSR count). The van der Waals surface area contributed by atoms with E-state index in [2.05, 4.69) is 16.0 Å². The maximum absolute atomic E-state index is 11.6. The minimum Gasteiger partial charge on any atom is -0.394 e. The molecular weight excluding hydrogens is 314 g/mol. The molecule has 9 heteroatoms. The van der Waals surface area contributed by atoms with Crippen LogP contribution in [0.4, 0.5) is 16.2 Å². The molecule has 122 valence electrons. The van der Waals surface area contributed by atoms with E-state index in [9.17, 15) is 9.59 Å². The summed E-state index contributed by atoms with van der Waals surface area (Å²) in [6.45, 7) is -0.656. The third-order valence-electron chi connectivity index (χ3n) is 2.48. The normalized spacial score (nSPS) is 11.6. The molecule has 0 saturated heterocycles. The van der Waals surface area contributed by atoms with Crippen molar-refractivity contribution < 1.29 is 24.5 Å². The predicted molar refractivity (Wildman–Crippen MR) is 82.1 cm³/mol. The zero-order valence-corrected chi connectivity index (χ0v) is 12.7. The van der Waals surface area contributed by atoms with E-state index in [0.29, 0.717) is 5.69 Å². The lowest BCUT2D eigenvalue weighted by molar-refractivity contribution is -0.119. The van der Waals surface area contributed by atoms with Crippen molar-refractivity contribution in [1.29, 1.82) is 0 Å². The number of aliphatic hydroxyl groups excluding tert-OH is 2. The average molecular weight is 332 g/mol. The zero-order valence-electron chi connectivity index (χ0n) is 11.9. The van der Waals surface area contributed by atoms with Gasteiger partial charge in [-0.05, 0) is 18.2 Å². The van der Waals surface area contributed by atoms with Crippen molar-refractivity contribution in [3.8, 4) is 0 Å². The Hall–Kier alpha value is -1.87. The molecule has 1 aromatic carbocycles. The van der Waals surface area contributed by atoms with Gasteiger partial charge in [-0.1, -0.05) is 11.6 Å². The van der Waals surface area contributed by atoms with E-state index >= 15 is 0 Å². The molecule has 1 aromatic rings. The van der Waals surface area contributed by atoms with Gasteiger partial charge in [0, 0.05) is 19.3 Å². The first-order valence-electron chi connectivity index (χ1n) is 6.38. The average Bonchev–Trinajstić information content (AvgIpc) is 2.48. The molecule has 0 bridgehead atoms. The van der Waals surface area contributed by atoms with E-state index in [1.807, 2.05) is 0 Å². The summed E-state index contributed by atoms with van der Waals surface area (Å²) in [5.74, 6) is -0.341. The second kappa shape index (κ2) is 9.21. The largest absolute Gasteiger partial charge is 0.394 e. The first-order valence-corrected chi connectivity index (χ1v) is 6.76. The van der Waals surface area contributed by atoms with Gasteiger partial charge in [-0.25, -0.2) is 4.79 Å². The number of hydrogen-bond acceptors (Lipinski definition) is 5. The number of carbonyl (C=O) groups excluding carboxylic acids is 2. The Labute approximate surface area is 132 Å². The minimum absolute atomic E-state index is 0.0923. The molecule has 0 aliphatic rings. The van der Waals surface area contributed by atoms with Crippen LogP contribution in [0.1, 0.15) is 0 Å². The van der Waals surface area contributed by atoms with Crippen molar-refractivity contribution in [3.63, 3.8) is 0 Å². The molecule has 5 N–H and O–H groups in total. The highest BCUT2D eigenvalue weighted by Crippen LogP contribution is 2.25. The van der Waals surface area contributed by atoms with Gasteiger partial charge in [0.1, 0.15) is 6.61 Å². The van der Waals surface area contributed by atoms with Crippen molar-refractivity contribution in [1.82, 2.24) is 5.32 Å². The van der Waals surface area contributed by atoms with Gasteiger partial charge in [-0.3, -0.25) is 4.79 Å². The number of anilines is 2. The summed E-state index contributed by atoms with van der Waals surface area (Å²) in [6, 6.07) is 3.98. The molecule has 0 aromatic heterocycles. The molecule has 0 saturated carbocycles. The maximum atomic E-state index is 11.6. The Kier molecular flexibility index (Phi) is 7.61. The van der Waals surface area contributed by atoms with Crippen LogP contribution in [0.15, 0.2) is 18.2 Å². The van der Waals surface area contributed by atoms with Crippen LogP contribution < -0.4 is 16.0 Å². The van der Waals surface area contributed by atoms with E-state index in [-0.39, 0.29) is 29.8 Å². The minimum atomic E-state index is -1.04. The summed E-state index contributed by atoms with van der Waals surface area (Å²) in [6.07, 6.45) is -1.04. The lowest BCUT2D eigenvalue weighted by Crippen LogP contribution is -2.36. The summed E-state index contributed by atoms with van der Waals surface area (Å²) in [5, 5.41) is 25.5. The van der Waals surface area contributed by atoms with Gasteiger partial charge in [-0.15, -0.1) is 0 Å². The van der Waals surface area contributed by atoms with Gasteiger partial charge in [-0.2, -0.15) is 0 Å². The van der Waals surface area contributed by atoms with Gasteiger partial charge in [0.05, 0.1) is 23.4 Å². The predicted octanol–water partition coefficient (Wildman–Crippen LogP) is 0.400. The molecule has 0 radical (unpaired) electrons. The Bertz CT molecular complexity index is 526. The number of halogens is 1. The topological polar surface area (TPSA) is 120 Å². The smallest absolute Gasteiger partial charge is 0.319 e. The summed E-state index contributed by atoms with van der Waals surface area (Å²) >= 11 is 5.96. The number of methoxy groups -OCH3 is 1. The number of aliphatic hydroxyl groups is 2. The molecule has 8 nitrogen and oxygen atoms in total. The molecular formula is C13H18ClN3O5. The molecule has 0 aliphatic heterocycles. The second-order valence-corrected chi connectivity index (χ2v) is 4.75.